The fourth-order valence-corrected chi connectivity index (χ4v) is 5.41. The van der Waals surface area contributed by atoms with Crippen LogP contribution in [0.2, 0.25) is 0 Å². The van der Waals surface area contributed by atoms with E-state index in [9.17, 15) is 9.59 Å². The van der Waals surface area contributed by atoms with Crippen molar-refractivity contribution in [1.82, 2.24) is 0 Å². The van der Waals surface area contributed by atoms with Crippen molar-refractivity contribution in [1.29, 1.82) is 0 Å². The quantitative estimate of drug-likeness (QED) is 0.145. The summed E-state index contributed by atoms with van der Waals surface area (Å²) in [6.07, 6.45) is 0. The van der Waals surface area contributed by atoms with Gasteiger partial charge in [-0.25, -0.2) is 0 Å². The lowest BCUT2D eigenvalue weighted by molar-refractivity contribution is 0.0980. The molecule has 1 aliphatic carbocycles. The van der Waals surface area contributed by atoms with Gasteiger partial charge in [-0.15, -0.1) is 0 Å². The van der Waals surface area contributed by atoms with Gasteiger partial charge in [0.15, 0.2) is 11.6 Å². The summed E-state index contributed by atoms with van der Waals surface area (Å²) in [5.74, 6) is -0.378. The van der Waals surface area contributed by atoms with Crippen molar-refractivity contribution >= 4 is 57.1 Å². The Bertz CT molecular complexity index is 1830. The maximum Gasteiger partial charge on any atom is 0.198 e. The summed E-state index contributed by atoms with van der Waals surface area (Å²) in [6.45, 7) is 0. The van der Waals surface area contributed by atoms with Gasteiger partial charge in [0.2, 0.25) is 0 Å². The van der Waals surface area contributed by atoms with Gasteiger partial charge in [-0.3, -0.25) is 9.59 Å². The number of fused-ring (bicyclic) bond motifs is 2. The molecule has 0 bridgehead atoms. The summed E-state index contributed by atoms with van der Waals surface area (Å²) in [6, 6.07) is 46.2. The fraction of sp³-hybridized carbons (Fsp3) is 0. The minimum atomic E-state index is -0.203. The van der Waals surface area contributed by atoms with Gasteiger partial charge in [-0.2, -0.15) is 0 Å². The highest BCUT2D eigenvalue weighted by Crippen LogP contribution is 2.37. The average molecular weight is 573 g/mol. The van der Waals surface area contributed by atoms with Gasteiger partial charge in [0.25, 0.3) is 0 Å². The molecule has 0 unspecified atom stereocenters. The Morgan fingerprint density at radius 1 is 0.295 bits per heavy atom. The molecule has 212 valence electrons. The van der Waals surface area contributed by atoms with Gasteiger partial charge in [0.05, 0.1) is 22.5 Å². The highest BCUT2D eigenvalue weighted by molar-refractivity contribution is 6.32. The number of ketones is 2. The zero-order valence-electron chi connectivity index (χ0n) is 23.7. The van der Waals surface area contributed by atoms with E-state index in [1.807, 2.05) is 121 Å². The first-order valence-corrected chi connectivity index (χ1v) is 14.4. The van der Waals surface area contributed by atoms with E-state index >= 15 is 0 Å². The summed E-state index contributed by atoms with van der Waals surface area (Å²) in [5, 5.41) is 13.5. The molecule has 6 heteroatoms. The fourth-order valence-electron chi connectivity index (χ4n) is 5.41. The molecular formula is C38H28N4O2. The summed E-state index contributed by atoms with van der Waals surface area (Å²) < 4.78 is 0. The van der Waals surface area contributed by atoms with Gasteiger partial charge in [-0.05, 0) is 84.9 Å². The molecule has 1 aliphatic rings. The lowest BCUT2D eigenvalue weighted by atomic mass is 9.82. The molecule has 6 aromatic rings. The topological polar surface area (TPSA) is 82.3 Å². The van der Waals surface area contributed by atoms with E-state index < -0.39 is 0 Å². The third-order valence-corrected chi connectivity index (χ3v) is 7.53. The predicted octanol–water partition coefficient (Wildman–Crippen LogP) is 9.44. The number of hydrogen-bond donors (Lipinski definition) is 4. The third-order valence-electron chi connectivity index (χ3n) is 7.53. The molecule has 0 atom stereocenters. The number of carbonyl (C=O) groups is 2. The highest BCUT2D eigenvalue weighted by atomic mass is 16.1. The molecule has 0 amide bonds. The summed E-state index contributed by atoms with van der Waals surface area (Å²) in [7, 11) is 0. The zero-order chi connectivity index (χ0) is 29.9. The van der Waals surface area contributed by atoms with Crippen LogP contribution in [0, 0.1) is 0 Å². The van der Waals surface area contributed by atoms with Gasteiger partial charge < -0.3 is 21.3 Å². The smallest absolute Gasteiger partial charge is 0.198 e. The Hall–Kier alpha value is -6.14. The van der Waals surface area contributed by atoms with E-state index in [1.54, 1.807) is 24.3 Å². The van der Waals surface area contributed by atoms with E-state index in [-0.39, 0.29) is 11.6 Å². The van der Waals surface area contributed by atoms with Crippen LogP contribution in [0.25, 0.3) is 0 Å². The first-order chi connectivity index (χ1) is 21.6. The second-order valence-corrected chi connectivity index (χ2v) is 10.5. The summed E-state index contributed by atoms with van der Waals surface area (Å²) >= 11 is 0. The molecule has 0 aliphatic heterocycles. The standard InChI is InChI=1S/C38H28N4O2/c43-37-31-13-7-15-33(41-29-21-17-27(18-22-29)39-25-9-3-1-4-10-25)35(31)38(44)36-32(37)14-8-16-34(36)42-30-23-19-28(20-24-30)40-26-11-5-2-6-12-26/h1-24,39-42H. The Morgan fingerprint density at radius 3 is 1.02 bits per heavy atom. The predicted molar refractivity (Wildman–Crippen MR) is 179 cm³/mol. The second-order valence-electron chi connectivity index (χ2n) is 10.5. The second kappa shape index (κ2) is 11.6. The van der Waals surface area contributed by atoms with Gasteiger partial charge in [0, 0.05) is 45.3 Å². The molecule has 7 rings (SSSR count). The van der Waals surface area contributed by atoms with E-state index in [0.29, 0.717) is 33.6 Å². The molecule has 0 fully saturated rings. The number of hydrogen-bond acceptors (Lipinski definition) is 6. The number of nitrogens with one attached hydrogen (secondary N) is 4. The Balaban J connectivity index is 1.14. The minimum absolute atomic E-state index is 0.174. The average Bonchev–Trinajstić information content (AvgIpc) is 3.06. The largest absolute Gasteiger partial charge is 0.356 e. The monoisotopic (exact) mass is 572 g/mol. The van der Waals surface area contributed by atoms with Gasteiger partial charge in [-0.1, -0.05) is 60.7 Å². The van der Waals surface area contributed by atoms with Crippen LogP contribution >= 0.6 is 0 Å². The number of para-hydroxylation sites is 2. The van der Waals surface area contributed by atoms with Gasteiger partial charge >= 0.3 is 0 Å². The van der Waals surface area contributed by atoms with Crippen molar-refractivity contribution in [2.45, 2.75) is 0 Å². The number of anilines is 8. The van der Waals surface area contributed by atoms with Crippen molar-refractivity contribution in [3.8, 4) is 0 Å². The molecule has 4 N–H and O–H groups in total. The van der Waals surface area contributed by atoms with Crippen LogP contribution in [0.5, 0.6) is 0 Å². The van der Waals surface area contributed by atoms with Crippen LogP contribution in [-0.2, 0) is 0 Å². The number of rotatable bonds is 8. The zero-order valence-corrected chi connectivity index (χ0v) is 23.7. The van der Waals surface area contributed by atoms with Crippen LogP contribution in [0.15, 0.2) is 146 Å². The first kappa shape index (κ1) is 26.7. The molecule has 0 spiro atoms. The minimum Gasteiger partial charge on any atom is -0.356 e. The van der Waals surface area contributed by atoms with Crippen LogP contribution in [0.3, 0.4) is 0 Å². The van der Waals surface area contributed by atoms with Crippen molar-refractivity contribution in [2.24, 2.45) is 0 Å². The molecule has 0 aromatic heterocycles. The molecule has 0 saturated heterocycles. The van der Waals surface area contributed by atoms with E-state index in [4.69, 9.17) is 0 Å². The third kappa shape index (κ3) is 5.40. The van der Waals surface area contributed by atoms with Crippen LogP contribution in [0.4, 0.5) is 45.5 Å². The number of benzene rings is 6. The number of carbonyl (C=O) groups excluding carboxylic acids is 2. The molecule has 6 aromatic carbocycles. The lowest BCUT2D eigenvalue weighted by Crippen LogP contribution is -2.23. The molecule has 0 heterocycles. The molecule has 0 saturated carbocycles. The maximum absolute atomic E-state index is 14.1. The van der Waals surface area contributed by atoms with Crippen molar-refractivity contribution in [3.63, 3.8) is 0 Å². The SMILES string of the molecule is O=C1c2cccc(Nc3ccc(Nc4ccccc4)cc3)c2C(=O)c2c(Nc3ccc(Nc4ccccc4)cc3)cccc21. The first-order valence-electron chi connectivity index (χ1n) is 14.4. The Labute approximate surface area is 255 Å². The highest BCUT2D eigenvalue weighted by Gasteiger charge is 2.33. The molecule has 6 nitrogen and oxygen atoms in total. The normalized spacial score (nSPS) is 11.7. The van der Waals surface area contributed by atoms with Crippen molar-refractivity contribution < 1.29 is 9.59 Å². The Kier molecular flexibility index (Phi) is 7.06. The van der Waals surface area contributed by atoms with Crippen LogP contribution in [-0.4, -0.2) is 11.6 Å². The van der Waals surface area contributed by atoms with E-state index in [0.717, 1.165) is 34.1 Å². The summed E-state index contributed by atoms with van der Waals surface area (Å²) in [5.41, 5.74) is 8.18. The van der Waals surface area contributed by atoms with Crippen molar-refractivity contribution in [2.75, 3.05) is 21.3 Å². The van der Waals surface area contributed by atoms with Gasteiger partial charge in [0.1, 0.15) is 0 Å². The van der Waals surface area contributed by atoms with Crippen molar-refractivity contribution in [3.05, 3.63) is 168 Å². The van der Waals surface area contributed by atoms with Crippen LogP contribution < -0.4 is 21.3 Å². The van der Waals surface area contributed by atoms with E-state index in [1.165, 1.54) is 0 Å². The van der Waals surface area contributed by atoms with E-state index in [2.05, 4.69) is 21.3 Å². The Morgan fingerprint density at radius 2 is 0.636 bits per heavy atom. The molecular weight excluding hydrogens is 544 g/mol. The lowest BCUT2D eigenvalue weighted by Gasteiger charge is -2.23. The molecule has 0 radical (unpaired) electrons. The summed E-state index contributed by atoms with van der Waals surface area (Å²) in [4.78, 5) is 27.8. The maximum atomic E-state index is 14.1. The van der Waals surface area contributed by atoms with Crippen LogP contribution in [0.1, 0.15) is 31.8 Å². The molecule has 44 heavy (non-hydrogen) atoms.